The average Bonchev–Trinajstić information content (AvgIpc) is 2.95. The van der Waals surface area contributed by atoms with E-state index in [1.54, 1.807) is 18.4 Å². The summed E-state index contributed by atoms with van der Waals surface area (Å²) in [7, 11) is 1.73. The van der Waals surface area contributed by atoms with Gasteiger partial charge in [0.1, 0.15) is 5.01 Å². The van der Waals surface area contributed by atoms with Gasteiger partial charge in [-0.25, -0.2) is 4.98 Å². The van der Waals surface area contributed by atoms with Crippen LogP contribution >= 0.6 is 11.3 Å². The van der Waals surface area contributed by atoms with Crippen LogP contribution in [0.1, 0.15) is 43.9 Å². The summed E-state index contributed by atoms with van der Waals surface area (Å²) in [5.41, 5.74) is 9.00. The zero-order chi connectivity index (χ0) is 15.1. The summed E-state index contributed by atoms with van der Waals surface area (Å²) < 4.78 is 5.49. The lowest BCUT2D eigenvalue weighted by Crippen LogP contribution is -1.95. The molecule has 2 N–H and O–H groups in total. The molecule has 4 heteroatoms. The van der Waals surface area contributed by atoms with Gasteiger partial charge in [0.15, 0.2) is 5.06 Å². The van der Waals surface area contributed by atoms with Crippen LogP contribution in [0.5, 0.6) is 5.06 Å². The van der Waals surface area contributed by atoms with Crippen molar-refractivity contribution >= 4 is 11.3 Å². The lowest BCUT2D eigenvalue weighted by atomic mass is 10.1. The molecule has 0 aliphatic heterocycles. The smallest absolute Gasteiger partial charge is 0.197 e. The number of nitrogens with zero attached hydrogens (tertiary/aromatic N) is 1. The first-order valence-corrected chi connectivity index (χ1v) is 8.43. The van der Waals surface area contributed by atoms with Crippen molar-refractivity contribution in [3.05, 3.63) is 35.5 Å². The maximum Gasteiger partial charge on any atom is 0.197 e. The number of methoxy groups -OCH3 is 1. The maximum atomic E-state index is 5.63. The molecule has 0 fully saturated rings. The van der Waals surface area contributed by atoms with Crippen molar-refractivity contribution in [3.8, 4) is 15.6 Å². The van der Waals surface area contributed by atoms with Crippen LogP contribution in [0.15, 0.2) is 24.3 Å². The molecule has 21 heavy (non-hydrogen) atoms. The Kier molecular flexibility index (Phi) is 6.21. The first-order chi connectivity index (χ1) is 10.3. The van der Waals surface area contributed by atoms with Gasteiger partial charge in [-0.2, -0.15) is 0 Å². The SMILES string of the molecule is CCCCCCc1nc(-c2ccc(CN)cc2)sc1OC. The van der Waals surface area contributed by atoms with Crippen molar-refractivity contribution in [2.45, 2.75) is 45.6 Å². The Bertz CT molecular complexity index is 548. The lowest BCUT2D eigenvalue weighted by molar-refractivity contribution is 0.419. The highest BCUT2D eigenvalue weighted by Crippen LogP contribution is 2.34. The third-order valence-electron chi connectivity index (χ3n) is 3.55. The summed E-state index contributed by atoms with van der Waals surface area (Å²) in [6.45, 7) is 2.80. The van der Waals surface area contributed by atoms with Gasteiger partial charge in [0.2, 0.25) is 0 Å². The van der Waals surface area contributed by atoms with Crippen LogP contribution in [0.3, 0.4) is 0 Å². The fourth-order valence-electron chi connectivity index (χ4n) is 2.28. The predicted octanol–water partition coefficient (Wildman–Crippen LogP) is 4.40. The number of hydrogen-bond acceptors (Lipinski definition) is 4. The summed E-state index contributed by atoms with van der Waals surface area (Å²) in [6.07, 6.45) is 5.99. The second kappa shape index (κ2) is 8.15. The van der Waals surface area contributed by atoms with Crippen LogP contribution in [0.25, 0.3) is 10.6 Å². The van der Waals surface area contributed by atoms with Gasteiger partial charge in [-0.1, -0.05) is 61.8 Å². The van der Waals surface area contributed by atoms with E-state index in [0.717, 1.165) is 33.3 Å². The summed E-state index contributed by atoms with van der Waals surface area (Å²) in [5, 5.41) is 1.98. The van der Waals surface area contributed by atoms with Crippen molar-refractivity contribution < 1.29 is 4.74 Å². The van der Waals surface area contributed by atoms with E-state index in [2.05, 4.69) is 31.2 Å². The van der Waals surface area contributed by atoms with Crippen molar-refractivity contribution in [2.75, 3.05) is 7.11 Å². The third kappa shape index (κ3) is 4.29. The lowest BCUT2D eigenvalue weighted by Gasteiger charge is -2.00. The molecule has 1 heterocycles. The molecule has 0 atom stereocenters. The number of unbranched alkanes of at least 4 members (excludes halogenated alkanes) is 3. The van der Waals surface area contributed by atoms with Gasteiger partial charge in [-0.3, -0.25) is 0 Å². The number of rotatable bonds is 8. The van der Waals surface area contributed by atoms with Crippen LogP contribution < -0.4 is 10.5 Å². The van der Waals surface area contributed by atoms with Crippen LogP contribution in [-0.2, 0) is 13.0 Å². The fourth-order valence-corrected chi connectivity index (χ4v) is 3.22. The highest BCUT2D eigenvalue weighted by molar-refractivity contribution is 7.17. The molecule has 1 aromatic heterocycles. The van der Waals surface area contributed by atoms with Crippen LogP contribution in [0.4, 0.5) is 0 Å². The molecule has 2 rings (SSSR count). The van der Waals surface area contributed by atoms with Gasteiger partial charge in [-0.15, -0.1) is 0 Å². The summed E-state index contributed by atoms with van der Waals surface area (Å²) in [6, 6.07) is 8.29. The molecule has 3 nitrogen and oxygen atoms in total. The fraction of sp³-hybridized carbons (Fsp3) is 0.471. The Morgan fingerprint density at radius 3 is 2.52 bits per heavy atom. The van der Waals surface area contributed by atoms with Crippen LogP contribution in [0, 0.1) is 0 Å². The van der Waals surface area contributed by atoms with Crippen LogP contribution in [-0.4, -0.2) is 12.1 Å². The van der Waals surface area contributed by atoms with Gasteiger partial charge in [0, 0.05) is 12.1 Å². The maximum absolute atomic E-state index is 5.63. The zero-order valence-electron chi connectivity index (χ0n) is 12.9. The minimum Gasteiger partial charge on any atom is -0.486 e. The number of benzene rings is 1. The first kappa shape index (κ1) is 16.0. The largest absolute Gasteiger partial charge is 0.486 e. The Balaban J connectivity index is 2.11. The van der Waals surface area contributed by atoms with E-state index in [1.165, 1.54) is 25.7 Å². The van der Waals surface area contributed by atoms with Crippen LogP contribution in [0.2, 0.25) is 0 Å². The molecule has 0 bridgehead atoms. The standard InChI is InChI=1S/C17H24N2OS/c1-3-4-5-6-7-15-17(20-2)21-16(19-15)14-10-8-13(12-18)9-11-14/h8-11H,3-7,12,18H2,1-2H3. The number of hydrogen-bond donors (Lipinski definition) is 1. The van der Waals surface area contributed by atoms with E-state index in [-0.39, 0.29) is 0 Å². The van der Waals surface area contributed by atoms with E-state index in [4.69, 9.17) is 15.5 Å². The highest BCUT2D eigenvalue weighted by Gasteiger charge is 2.12. The Morgan fingerprint density at radius 2 is 1.90 bits per heavy atom. The molecule has 0 aliphatic rings. The van der Waals surface area contributed by atoms with Gasteiger partial charge in [-0.05, 0) is 18.4 Å². The summed E-state index contributed by atoms with van der Waals surface area (Å²) in [4.78, 5) is 4.77. The molecule has 0 saturated carbocycles. The molecule has 0 spiro atoms. The van der Waals surface area contributed by atoms with Gasteiger partial charge in [0.05, 0.1) is 12.8 Å². The normalized spacial score (nSPS) is 10.8. The van der Waals surface area contributed by atoms with Gasteiger partial charge < -0.3 is 10.5 Å². The van der Waals surface area contributed by atoms with E-state index in [0.29, 0.717) is 6.54 Å². The Morgan fingerprint density at radius 1 is 1.14 bits per heavy atom. The second-order valence-corrected chi connectivity index (χ2v) is 6.13. The molecular formula is C17H24N2OS. The molecular weight excluding hydrogens is 280 g/mol. The van der Waals surface area contributed by atoms with E-state index >= 15 is 0 Å². The number of thiazole rings is 1. The quantitative estimate of drug-likeness (QED) is 0.735. The topological polar surface area (TPSA) is 48.1 Å². The molecule has 0 aliphatic carbocycles. The Labute approximate surface area is 131 Å². The van der Waals surface area contributed by atoms with Crippen molar-refractivity contribution in [1.29, 1.82) is 0 Å². The first-order valence-electron chi connectivity index (χ1n) is 7.61. The van der Waals surface area contributed by atoms with E-state index in [1.807, 2.05) is 0 Å². The monoisotopic (exact) mass is 304 g/mol. The molecule has 2 aromatic rings. The second-order valence-electron chi connectivity index (χ2n) is 5.17. The molecule has 1 aromatic carbocycles. The van der Waals surface area contributed by atoms with Crippen molar-refractivity contribution in [2.24, 2.45) is 5.73 Å². The minimum absolute atomic E-state index is 0.574. The highest BCUT2D eigenvalue weighted by atomic mass is 32.1. The van der Waals surface area contributed by atoms with Crippen molar-refractivity contribution in [3.63, 3.8) is 0 Å². The average molecular weight is 304 g/mol. The van der Waals surface area contributed by atoms with Gasteiger partial charge in [0.25, 0.3) is 0 Å². The third-order valence-corrected chi connectivity index (χ3v) is 4.66. The van der Waals surface area contributed by atoms with E-state index < -0.39 is 0 Å². The molecule has 0 saturated heterocycles. The number of aryl methyl sites for hydroxylation is 1. The molecule has 0 unspecified atom stereocenters. The Hall–Kier alpha value is -1.39. The summed E-state index contributed by atoms with van der Waals surface area (Å²) in [5.74, 6) is 0. The number of aromatic nitrogens is 1. The molecule has 0 amide bonds. The summed E-state index contributed by atoms with van der Waals surface area (Å²) >= 11 is 1.63. The van der Waals surface area contributed by atoms with Crippen molar-refractivity contribution in [1.82, 2.24) is 4.98 Å². The predicted molar refractivity (Wildman–Crippen MR) is 89.8 cm³/mol. The molecule has 0 radical (unpaired) electrons. The molecule has 114 valence electrons. The minimum atomic E-state index is 0.574. The number of nitrogens with two attached hydrogens (primary N) is 1. The van der Waals surface area contributed by atoms with E-state index in [9.17, 15) is 0 Å². The zero-order valence-corrected chi connectivity index (χ0v) is 13.7. The number of ether oxygens (including phenoxy) is 1. The van der Waals surface area contributed by atoms with Gasteiger partial charge >= 0.3 is 0 Å².